The fourth-order valence-electron chi connectivity index (χ4n) is 1.73. The second-order valence-electron chi connectivity index (χ2n) is 4.64. The number of thiophene rings is 1. The summed E-state index contributed by atoms with van der Waals surface area (Å²) in [7, 11) is 0. The molecule has 1 heterocycles. The van der Waals surface area contributed by atoms with E-state index in [0.29, 0.717) is 5.02 Å². The van der Waals surface area contributed by atoms with E-state index in [9.17, 15) is 4.79 Å². The average molecular weight is 322 g/mol. The Balaban J connectivity index is 2.05. The van der Waals surface area contributed by atoms with E-state index in [0.717, 1.165) is 15.3 Å². The van der Waals surface area contributed by atoms with E-state index in [2.05, 4.69) is 5.32 Å². The van der Waals surface area contributed by atoms with E-state index in [4.69, 9.17) is 16.7 Å². The maximum Gasteiger partial charge on any atom is 0.244 e. The van der Waals surface area contributed by atoms with Gasteiger partial charge in [-0.2, -0.15) is 0 Å². The van der Waals surface area contributed by atoms with E-state index < -0.39 is 0 Å². The first kappa shape index (κ1) is 15.8. The number of hydrogen-bond acceptors (Lipinski definition) is 3. The van der Waals surface area contributed by atoms with Crippen molar-refractivity contribution in [1.82, 2.24) is 5.32 Å². The summed E-state index contributed by atoms with van der Waals surface area (Å²) < 4.78 is 0. The summed E-state index contributed by atoms with van der Waals surface area (Å²) in [6.07, 6.45) is 3.23. The Morgan fingerprint density at radius 3 is 2.95 bits per heavy atom. The largest absolute Gasteiger partial charge is 0.394 e. The van der Waals surface area contributed by atoms with Crippen LogP contribution < -0.4 is 5.32 Å². The standard InChI is InChI=1S/C16H16ClNO2S/c1-11(10-19)18-16(20)8-6-14-5-7-15(21-14)12-3-2-4-13(17)9-12/h2-9,11,19H,10H2,1H3,(H,18,20)/b8-6+. The summed E-state index contributed by atoms with van der Waals surface area (Å²) >= 11 is 7.57. The Morgan fingerprint density at radius 1 is 1.43 bits per heavy atom. The summed E-state index contributed by atoms with van der Waals surface area (Å²) in [6, 6.07) is 11.4. The third-order valence-electron chi connectivity index (χ3n) is 2.80. The number of amides is 1. The second kappa shape index (κ2) is 7.41. The Hall–Kier alpha value is -1.62. The van der Waals surface area contributed by atoms with Crippen molar-refractivity contribution in [2.75, 3.05) is 6.61 Å². The molecule has 0 aliphatic rings. The van der Waals surface area contributed by atoms with Crippen molar-refractivity contribution in [3.05, 3.63) is 52.4 Å². The molecule has 0 saturated carbocycles. The van der Waals surface area contributed by atoms with Gasteiger partial charge in [0.15, 0.2) is 0 Å². The molecule has 0 aliphatic heterocycles. The molecular formula is C16H16ClNO2S. The number of carbonyl (C=O) groups excluding carboxylic acids is 1. The van der Waals surface area contributed by atoms with Gasteiger partial charge in [-0.1, -0.05) is 23.7 Å². The predicted octanol–water partition coefficient (Wildman–Crippen LogP) is 3.58. The zero-order valence-corrected chi connectivity index (χ0v) is 13.1. The van der Waals surface area contributed by atoms with Gasteiger partial charge < -0.3 is 10.4 Å². The molecular weight excluding hydrogens is 306 g/mol. The highest BCUT2D eigenvalue weighted by Gasteiger charge is 2.04. The molecule has 1 atom stereocenters. The van der Waals surface area contributed by atoms with Gasteiger partial charge in [0.2, 0.25) is 5.91 Å². The van der Waals surface area contributed by atoms with Gasteiger partial charge in [0.25, 0.3) is 0 Å². The van der Waals surface area contributed by atoms with Crippen LogP contribution in [0.5, 0.6) is 0 Å². The van der Waals surface area contributed by atoms with E-state index in [-0.39, 0.29) is 18.6 Å². The number of aliphatic hydroxyl groups is 1. The minimum atomic E-state index is -0.243. The minimum absolute atomic E-state index is 0.0719. The molecule has 2 rings (SSSR count). The number of aliphatic hydroxyl groups excluding tert-OH is 1. The van der Waals surface area contributed by atoms with E-state index in [1.807, 2.05) is 36.4 Å². The van der Waals surface area contributed by atoms with Gasteiger partial charge in [-0.25, -0.2) is 0 Å². The van der Waals surface area contributed by atoms with Crippen LogP contribution in [0.3, 0.4) is 0 Å². The maximum atomic E-state index is 11.6. The summed E-state index contributed by atoms with van der Waals surface area (Å²) in [6.45, 7) is 1.67. The molecule has 0 bridgehead atoms. The highest BCUT2D eigenvalue weighted by molar-refractivity contribution is 7.16. The molecule has 21 heavy (non-hydrogen) atoms. The van der Waals surface area contributed by atoms with Crippen molar-refractivity contribution in [1.29, 1.82) is 0 Å². The first-order valence-corrected chi connectivity index (χ1v) is 7.73. The van der Waals surface area contributed by atoms with Gasteiger partial charge in [-0.15, -0.1) is 11.3 Å². The SMILES string of the molecule is CC(CO)NC(=O)/C=C/c1ccc(-c2cccc(Cl)c2)s1. The van der Waals surface area contributed by atoms with Crippen molar-refractivity contribution >= 4 is 34.9 Å². The molecule has 1 aromatic heterocycles. The Labute approximate surface area is 132 Å². The van der Waals surface area contributed by atoms with Crippen LogP contribution in [0.2, 0.25) is 5.02 Å². The quantitative estimate of drug-likeness (QED) is 0.827. The van der Waals surface area contributed by atoms with Gasteiger partial charge >= 0.3 is 0 Å². The molecule has 0 radical (unpaired) electrons. The molecule has 2 N–H and O–H groups in total. The number of hydrogen-bond donors (Lipinski definition) is 2. The molecule has 3 nitrogen and oxygen atoms in total. The number of carbonyl (C=O) groups is 1. The molecule has 110 valence electrons. The zero-order chi connectivity index (χ0) is 15.2. The maximum absolute atomic E-state index is 11.6. The van der Waals surface area contributed by atoms with Gasteiger partial charge in [-0.05, 0) is 42.8 Å². The van der Waals surface area contributed by atoms with E-state index in [1.54, 1.807) is 24.3 Å². The van der Waals surface area contributed by atoms with E-state index in [1.165, 1.54) is 6.08 Å². The monoisotopic (exact) mass is 321 g/mol. The van der Waals surface area contributed by atoms with Gasteiger partial charge in [0.1, 0.15) is 0 Å². The van der Waals surface area contributed by atoms with Crippen molar-refractivity contribution in [3.8, 4) is 10.4 Å². The molecule has 1 amide bonds. The summed E-state index contributed by atoms with van der Waals surface area (Å²) in [5, 5.41) is 12.2. The average Bonchev–Trinajstić information content (AvgIpc) is 2.94. The van der Waals surface area contributed by atoms with Gasteiger partial charge in [0, 0.05) is 26.9 Å². The topological polar surface area (TPSA) is 49.3 Å². The lowest BCUT2D eigenvalue weighted by Crippen LogP contribution is -2.33. The lowest BCUT2D eigenvalue weighted by atomic mass is 10.2. The zero-order valence-electron chi connectivity index (χ0n) is 11.5. The van der Waals surface area contributed by atoms with E-state index >= 15 is 0 Å². The first-order valence-electron chi connectivity index (χ1n) is 6.53. The van der Waals surface area contributed by atoms with Crippen LogP contribution in [0.4, 0.5) is 0 Å². The van der Waals surface area contributed by atoms with Crippen molar-refractivity contribution in [3.63, 3.8) is 0 Å². The fourth-order valence-corrected chi connectivity index (χ4v) is 2.83. The lowest BCUT2D eigenvalue weighted by Gasteiger charge is -2.07. The summed E-state index contributed by atoms with van der Waals surface area (Å²) in [4.78, 5) is 13.7. The van der Waals surface area contributed by atoms with Gasteiger partial charge in [0.05, 0.1) is 6.61 Å². The molecule has 1 aromatic carbocycles. The molecule has 0 saturated heterocycles. The highest BCUT2D eigenvalue weighted by atomic mass is 35.5. The summed E-state index contributed by atoms with van der Waals surface area (Å²) in [5.41, 5.74) is 1.06. The molecule has 5 heteroatoms. The van der Waals surface area contributed by atoms with Crippen LogP contribution in [-0.2, 0) is 4.79 Å². The molecule has 0 aliphatic carbocycles. The van der Waals surface area contributed by atoms with Gasteiger partial charge in [-0.3, -0.25) is 4.79 Å². The van der Waals surface area contributed by atoms with Crippen LogP contribution >= 0.6 is 22.9 Å². The Morgan fingerprint density at radius 2 is 2.24 bits per heavy atom. The number of benzene rings is 1. The van der Waals surface area contributed by atoms with Crippen molar-refractivity contribution in [2.45, 2.75) is 13.0 Å². The van der Waals surface area contributed by atoms with Crippen LogP contribution in [-0.4, -0.2) is 23.7 Å². The minimum Gasteiger partial charge on any atom is -0.394 e. The normalized spacial score (nSPS) is 12.5. The second-order valence-corrected chi connectivity index (χ2v) is 6.19. The fraction of sp³-hybridized carbons (Fsp3) is 0.188. The number of halogens is 1. The van der Waals surface area contributed by atoms with Crippen LogP contribution in [0, 0.1) is 0 Å². The predicted molar refractivity (Wildman–Crippen MR) is 88.5 cm³/mol. The summed E-state index contributed by atoms with van der Waals surface area (Å²) in [5.74, 6) is -0.214. The third-order valence-corrected chi connectivity index (χ3v) is 4.13. The molecule has 2 aromatic rings. The van der Waals surface area contributed by atoms with Crippen LogP contribution in [0.25, 0.3) is 16.5 Å². The number of rotatable bonds is 5. The molecule has 1 unspecified atom stereocenters. The van der Waals surface area contributed by atoms with Crippen molar-refractivity contribution in [2.24, 2.45) is 0 Å². The van der Waals surface area contributed by atoms with Crippen LogP contribution in [0.15, 0.2) is 42.5 Å². The first-order chi connectivity index (χ1) is 10.1. The Kier molecular flexibility index (Phi) is 5.56. The van der Waals surface area contributed by atoms with Crippen molar-refractivity contribution < 1.29 is 9.90 Å². The Bertz CT molecular complexity index is 651. The van der Waals surface area contributed by atoms with Crippen LogP contribution in [0.1, 0.15) is 11.8 Å². The molecule has 0 spiro atoms. The highest BCUT2D eigenvalue weighted by Crippen LogP contribution is 2.30. The lowest BCUT2D eigenvalue weighted by molar-refractivity contribution is -0.117. The third kappa shape index (κ3) is 4.70. The smallest absolute Gasteiger partial charge is 0.244 e. The molecule has 0 fully saturated rings. The number of nitrogens with one attached hydrogen (secondary N) is 1.